The molecular weight excluding hydrogens is 200 g/mol. The first kappa shape index (κ1) is 9.83. The van der Waals surface area contributed by atoms with Crippen molar-refractivity contribution >= 4 is 23.6 Å². The van der Waals surface area contributed by atoms with E-state index in [1.807, 2.05) is 16.7 Å². The molecule has 0 aromatic rings. The maximum absolute atomic E-state index is 11.8. The Morgan fingerprint density at radius 1 is 1.43 bits per heavy atom. The lowest BCUT2D eigenvalue weighted by Gasteiger charge is -2.28. The first-order valence-electron chi connectivity index (χ1n) is 4.93. The zero-order chi connectivity index (χ0) is 9.97. The normalized spacial score (nSPS) is 27.6. The van der Waals surface area contributed by atoms with E-state index in [0.29, 0.717) is 12.8 Å². The molecule has 0 spiro atoms. The van der Waals surface area contributed by atoms with Crippen molar-refractivity contribution in [1.29, 1.82) is 0 Å². The number of nitrogens with zero attached hydrogens (tertiary/aromatic N) is 1. The van der Waals surface area contributed by atoms with Gasteiger partial charge in [-0.15, -0.1) is 0 Å². The van der Waals surface area contributed by atoms with Crippen LogP contribution in [0.15, 0.2) is 0 Å². The van der Waals surface area contributed by atoms with Gasteiger partial charge < -0.3 is 10.2 Å². The summed E-state index contributed by atoms with van der Waals surface area (Å²) < 4.78 is 0. The molecule has 2 amide bonds. The van der Waals surface area contributed by atoms with Crippen molar-refractivity contribution < 1.29 is 9.59 Å². The van der Waals surface area contributed by atoms with E-state index in [4.69, 9.17) is 0 Å². The molecule has 78 valence electrons. The molecular formula is C9H14N2O2S. The largest absolute Gasteiger partial charge is 0.344 e. The van der Waals surface area contributed by atoms with Crippen LogP contribution < -0.4 is 5.32 Å². The average Bonchev–Trinajstić information content (AvgIpc) is 2.65. The number of carbonyl (C=O) groups excluding carboxylic acids is 2. The van der Waals surface area contributed by atoms with Crippen LogP contribution in [-0.4, -0.2) is 47.4 Å². The Bertz CT molecular complexity index is 251. The quantitative estimate of drug-likeness (QED) is 0.660. The second kappa shape index (κ2) is 4.21. The summed E-state index contributed by atoms with van der Waals surface area (Å²) in [5.74, 6) is 2.16. The van der Waals surface area contributed by atoms with Gasteiger partial charge in [-0.25, -0.2) is 0 Å². The topological polar surface area (TPSA) is 49.4 Å². The van der Waals surface area contributed by atoms with Gasteiger partial charge in [-0.1, -0.05) is 0 Å². The summed E-state index contributed by atoms with van der Waals surface area (Å²) in [5, 5.41) is 2.71. The minimum atomic E-state index is -0.245. The van der Waals surface area contributed by atoms with E-state index >= 15 is 0 Å². The minimum Gasteiger partial charge on any atom is -0.344 e. The average molecular weight is 214 g/mol. The van der Waals surface area contributed by atoms with Crippen LogP contribution in [0.5, 0.6) is 0 Å². The third-order valence-corrected chi connectivity index (χ3v) is 3.56. The van der Waals surface area contributed by atoms with Crippen LogP contribution in [0.1, 0.15) is 12.8 Å². The Hall–Kier alpha value is -0.710. The number of amides is 2. The Morgan fingerprint density at radius 2 is 2.14 bits per heavy atom. The molecule has 0 aromatic heterocycles. The van der Waals surface area contributed by atoms with E-state index in [0.717, 1.165) is 24.6 Å². The fourth-order valence-electron chi connectivity index (χ4n) is 1.80. The van der Waals surface area contributed by atoms with Crippen LogP contribution in [-0.2, 0) is 9.59 Å². The van der Waals surface area contributed by atoms with E-state index < -0.39 is 0 Å². The molecule has 0 aliphatic carbocycles. The molecule has 1 atom stereocenters. The van der Waals surface area contributed by atoms with Gasteiger partial charge in [0.25, 0.3) is 0 Å². The van der Waals surface area contributed by atoms with Crippen molar-refractivity contribution in [1.82, 2.24) is 10.2 Å². The number of rotatable bonds is 1. The second-order valence-corrected chi connectivity index (χ2v) is 4.82. The highest BCUT2D eigenvalue weighted by Gasteiger charge is 2.31. The van der Waals surface area contributed by atoms with Gasteiger partial charge in [0.2, 0.25) is 11.8 Å². The lowest BCUT2D eigenvalue weighted by molar-refractivity contribution is -0.134. The zero-order valence-corrected chi connectivity index (χ0v) is 8.81. The second-order valence-electron chi connectivity index (χ2n) is 3.60. The summed E-state index contributed by atoms with van der Waals surface area (Å²) in [4.78, 5) is 24.7. The molecule has 5 heteroatoms. The van der Waals surface area contributed by atoms with Gasteiger partial charge in [0, 0.05) is 31.0 Å². The lowest BCUT2D eigenvalue weighted by atomic mass is 10.2. The lowest BCUT2D eigenvalue weighted by Crippen LogP contribution is -2.47. The molecule has 14 heavy (non-hydrogen) atoms. The summed E-state index contributed by atoms with van der Waals surface area (Å²) in [7, 11) is 0. The highest BCUT2D eigenvalue weighted by molar-refractivity contribution is 7.99. The van der Waals surface area contributed by atoms with Gasteiger partial charge in [-0.05, 0) is 6.42 Å². The van der Waals surface area contributed by atoms with Crippen molar-refractivity contribution in [3.05, 3.63) is 0 Å². The molecule has 0 saturated carbocycles. The third-order valence-electron chi connectivity index (χ3n) is 2.62. The van der Waals surface area contributed by atoms with Crippen molar-refractivity contribution in [2.75, 3.05) is 24.6 Å². The van der Waals surface area contributed by atoms with E-state index in [2.05, 4.69) is 5.32 Å². The highest BCUT2D eigenvalue weighted by atomic mass is 32.2. The highest BCUT2D eigenvalue weighted by Crippen LogP contribution is 2.14. The number of hydrogen-bond acceptors (Lipinski definition) is 3. The van der Waals surface area contributed by atoms with Crippen LogP contribution in [0, 0.1) is 0 Å². The molecule has 0 radical (unpaired) electrons. The smallest absolute Gasteiger partial charge is 0.245 e. The van der Waals surface area contributed by atoms with Crippen LogP contribution in [0.3, 0.4) is 0 Å². The standard InChI is InChI=1S/C9H14N2O2S/c12-8-2-1-7(10-8)9(13)11-3-5-14-6-4-11/h7H,1-6H2,(H,10,12)/t7-/m1/s1. The summed E-state index contributed by atoms with van der Waals surface area (Å²) in [6.45, 7) is 1.66. The molecule has 2 heterocycles. The molecule has 2 rings (SSSR count). The van der Waals surface area contributed by atoms with Crippen LogP contribution in [0.25, 0.3) is 0 Å². The van der Waals surface area contributed by atoms with Gasteiger partial charge >= 0.3 is 0 Å². The van der Waals surface area contributed by atoms with E-state index in [9.17, 15) is 9.59 Å². The predicted molar refractivity (Wildman–Crippen MR) is 55.1 cm³/mol. The van der Waals surface area contributed by atoms with Crippen molar-refractivity contribution in [2.45, 2.75) is 18.9 Å². The Kier molecular flexibility index (Phi) is 2.96. The Balaban J connectivity index is 1.90. The first-order chi connectivity index (χ1) is 6.77. The van der Waals surface area contributed by atoms with Crippen molar-refractivity contribution in [3.63, 3.8) is 0 Å². The molecule has 1 N–H and O–H groups in total. The Morgan fingerprint density at radius 3 is 2.71 bits per heavy atom. The van der Waals surface area contributed by atoms with E-state index in [1.54, 1.807) is 0 Å². The number of thioether (sulfide) groups is 1. The van der Waals surface area contributed by atoms with Gasteiger partial charge in [-0.2, -0.15) is 11.8 Å². The maximum Gasteiger partial charge on any atom is 0.245 e. The summed E-state index contributed by atoms with van der Waals surface area (Å²) >= 11 is 1.88. The molecule has 0 bridgehead atoms. The molecule has 2 saturated heterocycles. The fraction of sp³-hybridized carbons (Fsp3) is 0.778. The summed E-state index contributed by atoms with van der Waals surface area (Å²) in [6, 6.07) is -0.245. The van der Waals surface area contributed by atoms with Gasteiger partial charge in [0.1, 0.15) is 6.04 Å². The Labute approximate surface area is 87.4 Å². The third kappa shape index (κ3) is 2.03. The fourth-order valence-corrected chi connectivity index (χ4v) is 2.71. The van der Waals surface area contributed by atoms with Crippen molar-refractivity contribution in [2.24, 2.45) is 0 Å². The van der Waals surface area contributed by atoms with Gasteiger partial charge in [0.05, 0.1) is 0 Å². The molecule has 4 nitrogen and oxygen atoms in total. The maximum atomic E-state index is 11.8. The molecule has 2 aliphatic heterocycles. The number of nitrogens with one attached hydrogen (secondary N) is 1. The predicted octanol–water partition coefficient (Wildman–Crippen LogP) is -0.160. The monoisotopic (exact) mass is 214 g/mol. The minimum absolute atomic E-state index is 0.00901. The number of hydrogen-bond donors (Lipinski definition) is 1. The SMILES string of the molecule is O=C1CC[C@H](C(=O)N2CCSCC2)N1. The number of carbonyl (C=O) groups is 2. The van der Waals surface area contributed by atoms with Gasteiger partial charge in [0.15, 0.2) is 0 Å². The van der Waals surface area contributed by atoms with E-state index in [-0.39, 0.29) is 17.9 Å². The molecule has 2 fully saturated rings. The zero-order valence-electron chi connectivity index (χ0n) is 7.99. The molecule has 0 aromatic carbocycles. The summed E-state index contributed by atoms with van der Waals surface area (Å²) in [6.07, 6.45) is 1.17. The molecule has 2 aliphatic rings. The van der Waals surface area contributed by atoms with Crippen LogP contribution in [0.2, 0.25) is 0 Å². The van der Waals surface area contributed by atoms with Crippen LogP contribution >= 0.6 is 11.8 Å². The first-order valence-corrected chi connectivity index (χ1v) is 6.09. The van der Waals surface area contributed by atoms with Crippen LogP contribution in [0.4, 0.5) is 0 Å². The molecule has 0 unspecified atom stereocenters. The van der Waals surface area contributed by atoms with E-state index in [1.165, 1.54) is 0 Å². The summed E-state index contributed by atoms with van der Waals surface area (Å²) in [5.41, 5.74) is 0. The van der Waals surface area contributed by atoms with Crippen molar-refractivity contribution in [3.8, 4) is 0 Å². The van der Waals surface area contributed by atoms with Gasteiger partial charge in [-0.3, -0.25) is 9.59 Å².